The summed E-state index contributed by atoms with van der Waals surface area (Å²) in [6.07, 6.45) is 5.30. The summed E-state index contributed by atoms with van der Waals surface area (Å²) in [7, 11) is 2.09. The summed E-state index contributed by atoms with van der Waals surface area (Å²) < 4.78 is 5.44. The van der Waals surface area contributed by atoms with Crippen LogP contribution in [0.2, 0.25) is 0 Å². The highest BCUT2D eigenvalue weighted by Gasteiger charge is 2.25. The molecule has 3 heteroatoms. The second-order valence-corrected chi connectivity index (χ2v) is 5.79. The average molecular weight is 240 g/mol. The topological polar surface area (TPSA) is 24.5 Å². The van der Waals surface area contributed by atoms with E-state index in [1.165, 1.54) is 45.3 Å². The van der Waals surface area contributed by atoms with Crippen LogP contribution in [0.25, 0.3) is 0 Å². The van der Waals surface area contributed by atoms with E-state index in [0.717, 1.165) is 25.0 Å². The molecule has 0 bridgehead atoms. The second kappa shape index (κ2) is 6.72. The van der Waals surface area contributed by atoms with Gasteiger partial charge < -0.3 is 15.0 Å². The van der Waals surface area contributed by atoms with Gasteiger partial charge in [-0.05, 0) is 58.0 Å². The van der Waals surface area contributed by atoms with Gasteiger partial charge in [-0.3, -0.25) is 0 Å². The number of nitrogens with zero attached hydrogens (tertiary/aromatic N) is 1. The zero-order chi connectivity index (χ0) is 12.1. The number of ether oxygens (including phenoxy) is 1. The normalized spacial score (nSPS) is 30.4. The van der Waals surface area contributed by atoms with Crippen LogP contribution in [0.3, 0.4) is 0 Å². The third-order valence-electron chi connectivity index (χ3n) is 4.56. The molecule has 0 radical (unpaired) electrons. The number of hydrogen-bond acceptors (Lipinski definition) is 3. The molecule has 0 spiro atoms. The van der Waals surface area contributed by atoms with Crippen LogP contribution in [-0.2, 0) is 4.74 Å². The number of rotatable bonds is 4. The molecule has 1 N–H and O–H groups in total. The fourth-order valence-electron chi connectivity index (χ4n) is 3.20. The molecule has 2 atom stereocenters. The van der Waals surface area contributed by atoms with Gasteiger partial charge in [0.15, 0.2) is 0 Å². The Labute approximate surface area is 106 Å². The van der Waals surface area contributed by atoms with Gasteiger partial charge in [0.2, 0.25) is 0 Å². The van der Waals surface area contributed by atoms with Gasteiger partial charge in [0.05, 0.1) is 0 Å². The molecule has 0 aliphatic carbocycles. The van der Waals surface area contributed by atoms with Crippen molar-refractivity contribution in [2.45, 2.75) is 38.6 Å². The Morgan fingerprint density at radius 2 is 2.06 bits per heavy atom. The van der Waals surface area contributed by atoms with Crippen molar-refractivity contribution in [1.29, 1.82) is 0 Å². The van der Waals surface area contributed by atoms with E-state index in [1.54, 1.807) is 0 Å². The van der Waals surface area contributed by atoms with E-state index < -0.39 is 0 Å². The Morgan fingerprint density at radius 1 is 1.29 bits per heavy atom. The van der Waals surface area contributed by atoms with E-state index in [9.17, 15) is 0 Å². The Bertz CT molecular complexity index is 214. The van der Waals surface area contributed by atoms with E-state index in [2.05, 4.69) is 24.2 Å². The zero-order valence-electron chi connectivity index (χ0n) is 11.5. The van der Waals surface area contributed by atoms with Crippen LogP contribution < -0.4 is 5.32 Å². The van der Waals surface area contributed by atoms with Crippen molar-refractivity contribution in [3.8, 4) is 0 Å². The maximum atomic E-state index is 5.44. The van der Waals surface area contributed by atoms with Crippen LogP contribution in [0.1, 0.15) is 32.6 Å². The predicted molar refractivity (Wildman–Crippen MR) is 71.2 cm³/mol. The minimum atomic E-state index is 0.660. The van der Waals surface area contributed by atoms with Crippen molar-refractivity contribution in [2.75, 3.05) is 39.9 Å². The monoisotopic (exact) mass is 240 g/mol. The lowest BCUT2D eigenvalue weighted by Gasteiger charge is -2.38. The molecule has 2 aliphatic heterocycles. The van der Waals surface area contributed by atoms with Crippen molar-refractivity contribution in [3.05, 3.63) is 0 Å². The van der Waals surface area contributed by atoms with Gasteiger partial charge in [-0.25, -0.2) is 0 Å². The maximum absolute atomic E-state index is 5.44. The fraction of sp³-hybridized carbons (Fsp3) is 1.00. The number of piperidine rings is 1. The molecule has 0 saturated carbocycles. The third-order valence-corrected chi connectivity index (χ3v) is 4.56. The number of hydrogen-bond donors (Lipinski definition) is 1. The Balaban J connectivity index is 1.76. The van der Waals surface area contributed by atoms with E-state index >= 15 is 0 Å². The summed E-state index contributed by atoms with van der Waals surface area (Å²) in [5.74, 6) is 1.72. The van der Waals surface area contributed by atoms with Crippen LogP contribution >= 0.6 is 0 Å². The first kappa shape index (κ1) is 13.3. The van der Waals surface area contributed by atoms with Crippen molar-refractivity contribution in [1.82, 2.24) is 10.2 Å². The molecular weight excluding hydrogens is 212 g/mol. The lowest BCUT2D eigenvalue weighted by molar-refractivity contribution is 0.0433. The van der Waals surface area contributed by atoms with Gasteiger partial charge in [-0.15, -0.1) is 0 Å². The van der Waals surface area contributed by atoms with Crippen molar-refractivity contribution in [2.24, 2.45) is 11.8 Å². The molecule has 0 aromatic carbocycles. The van der Waals surface area contributed by atoms with Gasteiger partial charge in [0.1, 0.15) is 0 Å². The van der Waals surface area contributed by atoms with Crippen molar-refractivity contribution < 1.29 is 4.74 Å². The third kappa shape index (κ3) is 3.94. The molecule has 2 heterocycles. The van der Waals surface area contributed by atoms with Gasteiger partial charge in [-0.1, -0.05) is 0 Å². The largest absolute Gasteiger partial charge is 0.381 e. The van der Waals surface area contributed by atoms with Crippen molar-refractivity contribution >= 4 is 0 Å². The minimum absolute atomic E-state index is 0.660. The number of nitrogens with one attached hydrogen (secondary N) is 1. The molecule has 100 valence electrons. The fourth-order valence-corrected chi connectivity index (χ4v) is 3.20. The van der Waals surface area contributed by atoms with Crippen LogP contribution in [0.4, 0.5) is 0 Å². The lowest BCUT2D eigenvalue weighted by atomic mass is 9.90. The Kier molecular flexibility index (Phi) is 5.26. The van der Waals surface area contributed by atoms with Crippen molar-refractivity contribution in [3.63, 3.8) is 0 Å². The molecule has 2 saturated heterocycles. The molecule has 2 unspecified atom stereocenters. The predicted octanol–water partition coefficient (Wildman–Crippen LogP) is 1.73. The first-order chi connectivity index (χ1) is 8.29. The van der Waals surface area contributed by atoms with Crippen LogP contribution in [0.15, 0.2) is 0 Å². The van der Waals surface area contributed by atoms with E-state index in [1.807, 2.05) is 0 Å². The van der Waals surface area contributed by atoms with E-state index in [0.29, 0.717) is 6.04 Å². The number of likely N-dealkylation sites (tertiary alicyclic amines) is 1. The maximum Gasteiger partial charge on any atom is 0.0469 e. The molecule has 2 fully saturated rings. The van der Waals surface area contributed by atoms with E-state index in [4.69, 9.17) is 4.74 Å². The SMILES string of the molecule is CNC(C)C1CCCN(CC2CCOCC2)C1. The highest BCUT2D eigenvalue weighted by Crippen LogP contribution is 2.23. The van der Waals surface area contributed by atoms with Gasteiger partial charge >= 0.3 is 0 Å². The summed E-state index contributed by atoms with van der Waals surface area (Å²) in [6.45, 7) is 8.19. The standard InChI is InChI=1S/C14H28N2O/c1-12(15-2)14-4-3-7-16(11-14)10-13-5-8-17-9-6-13/h12-15H,3-11H2,1-2H3. The zero-order valence-corrected chi connectivity index (χ0v) is 11.5. The van der Waals surface area contributed by atoms with Crippen LogP contribution in [0.5, 0.6) is 0 Å². The van der Waals surface area contributed by atoms with Gasteiger partial charge in [0, 0.05) is 32.3 Å². The average Bonchev–Trinajstić information content (AvgIpc) is 2.39. The molecule has 2 aliphatic rings. The minimum Gasteiger partial charge on any atom is -0.381 e. The van der Waals surface area contributed by atoms with Gasteiger partial charge in [0.25, 0.3) is 0 Å². The summed E-state index contributed by atoms with van der Waals surface area (Å²) in [5, 5.41) is 3.41. The highest BCUT2D eigenvalue weighted by atomic mass is 16.5. The highest BCUT2D eigenvalue weighted by molar-refractivity contribution is 4.81. The molecule has 0 amide bonds. The molecule has 0 aromatic heterocycles. The summed E-state index contributed by atoms with van der Waals surface area (Å²) in [5.41, 5.74) is 0. The first-order valence-electron chi connectivity index (χ1n) is 7.27. The summed E-state index contributed by atoms with van der Waals surface area (Å²) >= 11 is 0. The van der Waals surface area contributed by atoms with Crippen LogP contribution in [-0.4, -0.2) is 50.8 Å². The van der Waals surface area contributed by atoms with E-state index in [-0.39, 0.29) is 0 Å². The van der Waals surface area contributed by atoms with Gasteiger partial charge in [-0.2, -0.15) is 0 Å². The molecule has 3 nitrogen and oxygen atoms in total. The van der Waals surface area contributed by atoms with Crippen LogP contribution in [0, 0.1) is 11.8 Å². The first-order valence-corrected chi connectivity index (χ1v) is 7.27. The molecule has 2 rings (SSSR count). The Hall–Kier alpha value is -0.120. The second-order valence-electron chi connectivity index (χ2n) is 5.79. The lowest BCUT2D eigenvalue weighted by Crippen LogP contribution is -2.45. The molecule has 0 aromatic rings. The molecule has 17 heavy (non-hydrogen) atoms. The summed E-state index contributed by atoms with van der Waals surface area (Å²) in [4.78, 5) is 2.69. The quantitative estimate of drug-likeness (QED) is 0.810. The smallest absolute Gasteiger partial charge is 0.0469 e. The molecular formula is C14H28N2O. The summed E-state index contributed by atoms with van der Waals surface area (Å²) in [6, 6.07) is 0.660. The Morgan fingerprint density at radius 3 is 2.76 bits per heavy atom.